The van der Waals surface area contributed by atoms with E-state index in [1.54, 1.807) is 0 Å². The van der Waals surface area contributed by atoms with Crippen LogP contribution >= 0.6 is 0 Å². The molecule has 0 saturated heterocycles. The molecule has 3 aromatic heterocycles. The van der Waals surface area contributed by atoms with Gasteiger partial charge < -0.3 is 14.0 Å². The first kappa shape index (κ1) is 14.4. The Kier molecular flexibility index (Phi) is 2.44. The summed E-state index contributed by atoms with van der Waals surface area (Å²) in [5.41, 5.74) is 6.61. The van der Waals surface area contributed by atoms with Gasteiger partial charge in [0, 0.05) is 39.6 Å². The minimum absolute atomic E-state index is 0.963. The standard InChI is InChI=1S/C25H16N2O/c1-27-20-9-5-3-7-17(20)23-21(27)13-11-15-14-10-12-19-22(24(14)28-25(15)23)16-6-2-4-8-18(16)26-19/h2-13,26H,1H3. The Balaban J connectivity index is 1.78. The molecular formula is C25H16N2O. The molecule has 0 saturated carbocycles. The molecule has 3 heterocycles. The van der Waals surface area contributed by atoms with Gasteiger partial charge in [-0.15, -0.1) is 0 Å². The van der Waals surface area contributed by atoms with Crippen molar-refractivity contribution in [3.63, 3.8) is 0 Å². The van der Waals surface area contributed by atoms with Gasteiger partial charge >= 0.3 is 0 Å². The third-order valence-electron chi connectivity index (χ3n) is 6.15. The zero-order chi connectivity index (χ0) is 18.4. The molecule has 0 atom stereocenters. The van der Waals surface area contributed by atoms with Gasteiger partial charge in [-0.25, -0.2) is 0 Å². The minimum atomic E-state index is 0.963. The van der Waals surface area contributed by atoms with Crippen LogP contribution in [0.3, 0.4) is 0 Å². The molecule has 0 aliphatic heterocycles. The first-order valence-electron chi connectivity index (χ1n) is 9.53. The van der Waals surface area contributed by atoms with Crippen molar-refractivity contribution in [1.82, 2.24) is 9.55 Å². The molecule has 3 heteroatoms. The van der Waals surface area contributed by atoms with Crippen LogP contribution in [-0.2, 0) is 7.05 Å². The monoisotopic (exact) mass is 360 g/mol. The molecule has 132 valence electrons. The summed E-state index contributed by atoms with van der Waals surface area (Å²) < 4.78 is 8.88. The number of benzene rings is 4. The second kappa shape index (κ2) is 4.76. The van der Waals surface area contributed by atoms with E-state index >= 15 is 0 Å². The Bertz CT molecular complexity index is 1730. The van der Waals surface area contributed by atoms with Crippen LogP contribution in [0.5, 0.6) is 0 Å². The topological polar surface area (TPSA) is 33.9 Å². The van der Waals surface area contributed by atoms with Crippen molar-refractivity contribution in [2.45, 2.75) is 0 Å². The van der Waals surface area contributed by atoms with Gasteiger partial charge in [0.2, 0.25) is 0 Å². The SMILES string of the molecule is Cn1c2ccccc2c2c3oc4c(ccc5[nH]c6ccccc6c54)c3ccc21. The fourth-order valence-corrected chi connectivity index (χ4v) is 4.87. The summed E-state index contributed by atoms with van der Waals surface area (Å²) >= 11 is 0. The summed E-state index contributed by atoms with van der Waals surface area (Å²) in [6.07, 6.45) is 0. The smallest absolute Gasteiger partial charge is 0.145 e. The Hall–Kier alpha value is -3.72. The van der Waals surface area contributed by atoms with Crippen LogP contribution in [-0.4, -0.2) is 9.55 Å². The lowest BCUT2D eigenvalue weighted by Crippen LogP contribution is -1.85. The maximum Gasteiger partial charge on any atom is 0.145 e. The van der Waals surface area contributed by atoms with E-state index in [1.165, 1.54) is 38.0 Å². The first-order valence-corrected chi connectivity index (χ1v) is 9.53. The molecule has 0 fully saturated rings. The van der Waals surface area contributed by atoms with E-state index in [1.807, 2.05) is 0 Å². The number of furan rings is 1. The van der Waals surface area contributed by atoms with Gasteiger partial charge in [0.15, 0.2) is 0 Å². The molecule has 0 amide bonds. The number of para-hydroxylation sites is 2. The molecule has 4 aromatic carbocycles. The quantitative estimate of drug-likeness (QED) is 0.315. The first-order chi connectivity index (χ1) is 13.8. The van der Waals surface area contributed by atoms with Crippen molar-refractivity contribution in [2.24, 2.45) is 7.05 Å². The van der Waals surface area contributed by atoms with Gasteiger partial charge in [0.05, 0.1) is 21.8 Å². The van der Waals surface area contributed by atoms with Gasteiger partial charge in [-0.3, -0.25) is 0 Å². The second-order valence-corrected chi connectivity index (χ2v) is 7.55. The van der Waals surface area contributed by atoms with Crippen LogP contribution in [0.4, 0.5) is 0 Å². The summed E-state index contributed by atoms with van der Waals surface area (Å²) in [4.78, 5) is 3.52. The molecule has 0 radical (unpaired) electrons. The number of rotatable bonds is 0. The van der Waals surface area contributed by atoms with E-state index in [0.717, 1.165) is 27.6 Å². The van der Waals surface area contributed by atoms with Crippen LogP contribution in [0.1, 0.15) is 0 Å². The molecule has 3 nitrogen and oxygen atoms in total. The second-order valence-electron chi connectivity index (χ2n) is 7.55. The summed E-state index contributed by atoms with van der Waals surface area (Å²) in [6, 6.07) is 25.7. The van der Waals surface area contributed by atoms with Gasteiger partial charge in [-0.05, 0) is 36.4 Å². The van der Waals surface area contributed by atoms with Crippen LogP contribution < -0.4 is 0 Å². The van der Waals surface area contributed by atoms with Crippen molar-refractivity contribution < 1.29 is 4.42 Å². The fraction of sp³-hybridized carbons (Fsp3) is 0.0400. The summed E-state index contributed by atoms with van der Waals surface area (Å²) in [5, 5.41) is 7.14. The highest BCUT2D eigenvalue weighted by Gasteiger charge is 2.18. The largest absolute Gasteiger partial charge is 0.455 e. The van der Waals surface area contributed by atoms with Gasteiger partial charge in [-0.2, -0.15) is 0 Å². The number of hydrogen-bond donors (Lipinski definition) is 1. The highest BCUT2D eigenvalue weighted by Crippen LogP contribution is 2.42. The number of hydrogen-bond acceptors (Lipinski definition) is 1. The maximum absolute atomic E-state index is 6.63. The summed E-state index contributed by atoms with van der Waals surface area (Å²) in [7, 11) is 2.12. The molecule has 0 bridgehead atoms. The van der Waals surface area contributed by atoms with E-state index in [-0.39, 0.29) is 0 Å². The molecule has 1 N–H and O–H groups in total. The van der Waals surface area contributed by atoms with E-state index < -0.39 is 0 Å². The highest BCUT2D eigenvalue weighted by atomic mass is 16.3. The number of nitrogens with zero attached hydrogens (tertiary/aromatic N) is 1. The Morgan fingerprint density at radius 3 is 2.21 bits per heavy atom. The van der Waals surface area contributed by atoms with Crippen LogP contribution in [0.25, 0.3) is 65.6 Å². The molecule has 0 unspecified atom stereocenters. The zero-order valence-electron chi connectivity index (χ0n) is 15.3. The summed E-state index contributed by atoms with van der Waals surface area (Å²) in [5.74, 6) is 0. The lowest BCUT2D eigenvalue weighted by atomic mass is 10.1. The van der Waals surface area contributed by atoms with Crippen LogP contribution in [0, 0.1) is 0 Å². The number of H-pyrrole nitrogens is 1. The number of aryl methyl sites for hydroxylation is 1. The van der Waals surface area contributed by atoms with E-state index in [9.17, 15) is 0 Å². The maximum atomic E-state index is 6.63. The molecule has 0 aliphatic rings. The van der Waals surface area contributed by atoms with Gasteiger partial charge in [-0.1, -0.05) is 36.4 Å². The van der Waals surface area contributed by atoms with E-state index in [0.29, 0.717) is 0 Å². The lowest BCUT2D eigenvalue weighted by molar-refractivity contribution is 0.677. The Morgan fingerprint density at radius 2 is 1.32 bits per heavy atom. The number of nitrogens with one attached hydrogen (secondary N) is 1. The van der Waals surface area contributed by atoms with Gasteiger partial charge in [0.1, 0.15) is 11.2 Å². The van der Waals surface area contributed by atoms with Crippen molar-refractivity contribution in [2.75, 3.05) is 0 Å². The van der Waals surface area contributed by atoms with Crippen LogP contribution in [0.15, 0.2) is 77.2 Å². The van der Waals surface area contributed by atoms with Gasteiger partial charge in [0.25, 0.3) is 0 Å². The molecule has 28 heavy (non-hydrogen) atoms. The van der Waals surface area contributed by atoms with Crippen molar-refractivity contribution >= 4 is 65.6 Å². The number of aromatic amines is 1. The van der Waals surface area contributed by atoms with Crippen molar-refractivity contribution in [3.8, 4) is 0 Å². The number of fused-ring (bicyclic) bond motifs is 11. The fourth-order valence-electron chi connectivity index (χ4n) is 4.87. The lowest BCUT2D eigenvalue weighted by Gasteiger charge is -1.97. The highest BCUT2D eigenvalue weighted by molar-refractivity contribution is 6.28. The van der Waals surface area contributed by atoms with Crippen LogP contribution in [0.2, 0.25) is 0 Å². The minimum Gasteiger partial charge on any atom is -0.455 e. The number of aromatic nitrogens is 2. The predicted molar refractivity (Wildman–Crippen MR) is 117 cm³/mol. The molecule has 0 aliphatic carbocycles. The molecule has 0 spiro atoms. The Labute approximate surface area is 159 Å². The van der Waals surface area contributed by atoms with E-state index in [2.05, 4.69) is 89.4 Å². The third kappa shape index (κ3) is 1.57. The normalized spacial score (nSPS) is 12.5. The Morgan fingerprint density at radius 1 is 0.607 bits per heavy atom. The molecule has 7 rings (SSSR count). The van der Waals surface area contributed by atoms with Crippen molar-refractivity contribution in [1.29, 1.82) is 0 Å². The third-order valence-corrected chi connectivity index (χ3v) is 6.15. The summed E-state index contributed by atoms with van der Waals surface area (Å²) in [6.45, 7) is 0. The predicted octanol–water partition coefficient (Wildman–Crippen LogP) is 6.87. The average Bonchev–Trinajstić information content (AvgIpc) is 3.38. The molecule has 7 aromatic rings. The zero-order valence-corrected chi connectivity index (χ0v) is 15.3. The molecular weight excluding hydrogens is 344 g/mol. The van der Waals surface area contributed by atoms with Crippen molar-refractivity contribution in [3.05, 3.63) is 72.8 Å². The van der Waals surface area contributed by atoms with E-state index in [4.69, 9.17) is 4.42 Å². The average molecular weight is 360 g/mol.